The van der Waals surface area contributed by atoms with Gasteiger partial charge in [-0.2, -0.15) is 5.10 Å². The standard InChI is InChI=1S/C11H14BrN3O/c12-7-5-8-1-2-9(6-7)15(8)11(16)10-3-4-13-14-10/h3-4,7-9H,1-2,5-6H2,(H,13,14). The molecule has 1 amide bonds. The number of aromatic amines is 1. The normalized spacial score (nSPS) is 33.1. The maximum Gasteiger partial charge on any atom is 0.272 e. The van der Waals surface area contributed by atoms with E-state index in [0.29, 0.717) is 22.6 Å². The van der Waals surface area contributed by atoms with E-state index in [4.69, 9.17) is 0 Å². The maximum atomic E-state index is 12.3. The molecular weight excluding hydrogens is 270 g/mol. The third kappa shape index (κ3) is 1.57. The Morgan fingerprint density at radius 2 is 2.12 bits per heavy atom. The first-order valence-electron chi connectivity index (χ1n) is 5.72. The molecule has 0 radical (unpaired) electrons. The fourth-order valence-corrected chi connectivity index (χ4v) is 3.82. The van der Waals surface area contributed by atoms with Crippen molar-refractivity contribution in [2.45, 2.75) is 42.6 Å². The Hall–Kier alpha value is -0.840. The van der Waals surface area contributed by atoms with Crippen LogP contribution in [0.5, 0.6) is 0 Å². The Morgan fingerprint density at radius 3 is 2.69 bits per heavy atom. The van der Waals surface area contributed by atoms with Gasteiger partial charge in [0.15, 0.2) is 0 Å². The van der Waals surface area contributed by atoms with Gasteiger partial charge in [-0.15, -0.1) is 0 Å². The molecule has 4 nitrogen and oxygen atoms in total. The summed E-state index contributed by atoms with van der Waals surface area (Å²) >= 11 is 3.68. The molecule has 0 saturated carbocycles. The van der Waals surface area contributed by atoms with E-state index in [9.17, 15) is 4.79 Å². The minimum Gasteiger partial charge on any atom is -0.331 e. The van der Waals surface area contributed by atoms with Gasteiger partial charge in [-0.05, 0) is 31.7 Å². The van der Waals surface area contributed by atoms with Gasteiger partial charge >= 0.3 is 0 Å². The van der Waals surface area contributed by atoms with Crippen LogP contribution in [0.1, 0.15) is 36.2 Å². The fourth-order valence-electron chi connectivity index (χ4n) is 2.96. The summed E-state index contributed by atoms with van der Waals surface area (Å²) in [7, 11) is 0. The Bertz CT molecular complexity index is 378. The molecule has 0 spiro atoms. The summed E-state index contributed by atoms with van der Waals surface area (Å²) in [5, 5.41) is 6.60. The van der Waals surface area contributed by atoms with Crippen molar-refractivity contribution in [3.8, 4) is 0 Å². The number of nitrogens with one attached hydrogen (secondary N) is 1. The summed E-state index contributed by atoms with van der Waals surface area (Å²) in [5.74, 6) is 0.115. The van der Waals surface area contributed by atoms with Crippen LogP contribution in [-0.4, -0.2) is 37.9 Å². The molecule has 2 atom stereocenters. The predicted octanol–water partition coefficient (Wildman–Crippen LogP) is 1.94. The quantitative estimate of drug-likeness (QED) is 0.801. The van der Waals surface area contributed by atoms with E-state index in [0.717, 1.165) is 25.7 Å². The first-order chi connectivity index (χ1) is 7.75. The van der Waals surface area contributed by atoms with E-state index in [1.165, 1.54) is 0 Å². The molecule has 16 heavy (non-hydrogen) atoms. The second kappa shape index (κ2) is 3.87. The van der Waals surface area contributed by atoms with Crippen LogP contribution in [0, 0.1) is 0 Å². The van der Waals surface area contributed by atoms with Crippen LogP contribution in [0.15, 0.2) is 12.3 Å². The van der Waals surface area contributed by atoms with Crippen molar-refractivity contribution in [3.05, 3.63) is 18.0 Å². The van der Waals surface area contributed by atoms with Gasteiger partial charge in [0.2, 0.25) is 0 Å². The molecule has 0 aromatic carbocycles. The molecule has 5 heteroatoms. The number of halogens is 1. The van der Waals surface area contributed by atoms with Crippen molar-refractivity contribution in [2.75, 3.05) is 0 Å². The Balaban J connectivity index is 1.84. The Kier molecular flexibility index (Phi) is 2.50. The molecule has 86 valence electrons. The Labute approximate surface area is 103 Å². The second-order valence-corrected chi connectivity index (χ2v) is 5.93. The molecule has 2 fully saturated rings. The number of alkyl halides is 1. The van der Waals surface area contributed by atoms with Gasteiger partial charge in [0.05, 0.1) is 0 Å². The number of hydrogen-bond acceptors (Lipinski definition) is 2. The minimum absolute atomic E-state index is 0.115. The van der Waals surface area contributed by atoms with E-state index in [1.807, 2.05) is 0 Å². The van der Waals surface area contributed by atoms with Crippen molar-refractivity contribution in [2.24, 2.45) is 0 Å². The largest absolute Gasteiger partial charge is 0.331 e. The van der Waals surface area contributed by atoms with Gasteiger partial charge < -0.3 is 4.90 Å². The highest BCUT2D eigenvalue weighted by atomic mass is 79.9. The topological polar surface area (TPSA) is 49.0 Å². The highest BCUT2D eigenvalue weighted by Crippen LogP contribution is 2.39. The average Bonchev–Trinajstić information content (AvgIpc) is 2.85. The number of carbonyl (C=O) groups is 1. The number of fused-ring (bicyclic) bond motifs is 2. The van der Waals surface area contributed by atoms with Crippen LogP contribution in [0.4, 0.5) is 0 Å². The first kappa shape index (κ1) is 10.3. The van der Waals surface area contributed by atoms with Crippen LogP contribution in [-0.2, 0) is 0 Å². The van der Waals surface area contributed by atoms with Gasteiger partial charge in [0.1, 0.15) is 5.69 Å². The highest BCUT2D eigenvalue weighted by Gasteiger charge is 2.42. The molecule has 3 rings (SSSR count). The monoisotopic (exact) mass is 283 g/mol. The lowest BCUT2D eigenvalue weighted by molar-refractivity contribution is 0.0597. The van der Waals surface area contributed by atoms with Gasteiger partial charge in [-0.3, -0.25) is 9.89 Å². The fraction of sp³-hybridized carbons (Fsp3) is 0.636. The van der Waals surface area contributed by atoms with E-state index in [-0.39, 0.29) is 5.91 Å². The third-order valence-electron chi connectivity index (χ3n) is 3.64. The average molecular weight is 284 g/mol. The molecule has 0 aliphatic carbocycles. The lowest BCUT2D eigenvalue weighted by Gasteiger charge is -2.36. The van der Waals surface area contributed by atoms with E-state index < -0.39 is 0 Å². The number of carbonyl (C=O) groups excluding carboxylic acids is 1. The molecule has 2 bridgehead atoms. The van der Waals surface area contributed by atoms with E-state index >= 15 is 0 Å². The summed E-state index contributed by atoms with van der Waals surface area (Å²) < 4.78 is 0. The number of amides is 1. The van der Waals surface area contributed by atoms with Crippen molar-refractivity contribution < 1.29 is 4.79 Å². The second-order valence-electron chi connectivity index (χ2n) is 4.64. The zero-order valence-electron chi connectivity index (χ0n) is 8.90. The van der Waals surface area contributed by atoms with Crippen molar-refractivity contribution in [1.29, 1.82) is 0 Å². The molecular formula is C11H14BrN3O. The van der Waals surface area contributed by atoms with Crippen LogP contribution in [0.25, 0.3) is 0 Å². The van der Waals surface area contributed by atoms with E-state index in [1.54, 1.807) is 12.3 Å². The highest BCUT2D eigenvalue weighted by molar-refractivity contribution is 9.09. The lowest BCUT2D eigenvalue weighted by Crippen LogP contribution is -2.46. The number of piperidine rings is 1. The van der Waals surface area contributed by atoms with Crippen molar-refractivity contribution in [1.82, 2.24) is 15.1 Å². The molecule has 2 saturated heterocycles. The number of aromatic nitrogens is 2. The van der Waals surface area contributed by atoms with Crippen molar-refractivity contribution in [3.63, 3.8) is 0 Å². The van der Waals surface area contributed by atoms with Crippen molar-refractivity contribution >= 4 is 21.8 Å². The summed E-state index contributed by atoms with van der Waals surface area (Å²) in [4.78, 5) is 14.9. The first-order valence-corrected chi connectivity index (χ1v) is 6.63. The SMILES string of the molecule is O=C(c1ccn[nH]1)N1C2CCC1CC(Br)C2. The summed E-state index contributed by atoms with van der Waals surface area (Å²) in [5.41, 5.74) is 0.616. The number of rotatable bonds is 1. The number of H-pyrrole nitrogens is 1. The molecule has 2 aliphatic rings. The lowest BCUT2D eigenvalue weighted by atomic mass is 10.0. The molecule has 3 heterocycles. The van der Waals surface area contributed by atoms with E-state index in [2.05, 4.69) is 31.0 Å². The smallest absolute Gasteiger partial charge is 0.272 e. The maximum absolute atomic E-state index is 12.3. The summed E-state index contributed by atoms with van der Waals surface area (Å²) in [6.45, 7) is 0. The summed E-state index contributed by atoms with van der Waals surface area (Å²) in [6, 6.07) is 2.58. The minimum atomic E-state index is 0.115. The molecule has 1 N–H and O–H groups in total. The third-order valence-corrected chi connectivity index (χ3v) is 4.39. The van der Waals surface area contributed by atoms with Crippen LogP contribution in [0.2, 0.25) is 0 Å². The van der Waals surface area contributed by atoms with Gasteiger partial charge in [-0.1, -0.05) is 15.9 Å². The van der Waals surface area contributed by atoms with Crippen LogP contribution in [0.3, 0.4) is 0 Å². The van der Waals surface area contributed by atoms with Gasteiger partial charge in [0, 0.05) is 23.1 Å². The zero-order valence-corrected chi connectivity index (χ0v) is 10.5. The van der Waals surface area contributed by atoms with Gasteiger partial charge in [-0.25, -0.2) is 0 Å². The molecule has 1 aromatic heterocycles. The molecule has 1 aromatic rings. The molecule has 2 aliphatic heterocycles. The predicted molar refractivity (Wildman–Crippen MR) is 63.5 cm³/mol. The molecule has 2 unspecified atom stereocenters. The Morgan fingerprint density at radius 1 is 1.44 bits per heavy atom. The van der Waals surface area contributed by atoms with Gasteiger partial charge in [0.25, 0.3) is 5.91 Å². The number of nitrogens with zero attached hydrogens (tertiary/aromatic N) is 2. The zero-order chi connectivity index (χ0) is 11.1. The van der Waals surface area contributed by atoms with Crippen LogP contribution >= 0.6 is 15.9 Å². The van der Waals surface area contributed by atoms with Crippen LogP contribution < -0.4 is 0 Å². The number of hydrogen-bond donors (Lipinski definition) is 1. The summed E-state index contributed by atoms with van der Waals surface area (Å²) in [6.07, 6.45) is 6.08.